The highest BCUT2D eigenvalue weighted by molar-refractivity contribution is 6.10. The van der Waals surface area contributed by atoms with E-state index in [1.54, 1.807) is 0 Å². The first-order valence-corrected chi connectivity index (χ1v) is 22.7. The van der Waals surface area contributed by atoms with Crippen LogP contribution in [0.4, 0.5) is 11.4 Å². The number of anilines is 2. The van der Waals surface area contributed by atoms with E-state index in [4.69, 9.17) is 9.72 Å². The van der Waals surface area contributed by atoms with E-state index >= 15 is 0 Å². The van der Waals surface area contributed by atoms with Gasteiger partial charge in [-0.25, -0.2) is 4.98 Å². The fourth-order valence-corrected chi connectivity index (χ4v) is 9.07. The van der Waals surface area contributed by atoms with Crippen LogP contribution in [0, 0.1) is 5.41 Å². The third-order valence-corrected chi connectivity index (χ3v) is 13.0. The number of benzene rings is 6. The maximum atomic E-state index is 7.01. The summed E-state index contributed by atoms with van der Waals surface area (Å²) in [5.74, 6) is 2.43. The lowest BCUT2D eigenvalue weighted by Gasteiger charge is -2.32. The standard InChI is InChI=1S/C59H62N4O/c1-56(2,3)43-23-18-24-46(33-43)62-39-61(38-54(62)58(7,8)9)47-31-41(40-19-14-12-15-20-40)32-49(36-47)64-48-26-27-50-51-34-45(59(10,11)42-21-16-13-17-22-42)25-28-52(51)63(53(50)37-48)55-35-44(29-30-60-55)57(4,5)6/h12-38H,39H2,1-11H3. The van der Waals surface area contributed by atoms with E-state index in [9.17, 15) is 0 Å². The molecule has 324 valence electrons. The average Bonchev–Trinajstić information content (AvgIpc) is 3.87. The van der Waals surface area contributed by atoms with Gasteiger partial charge in [-0.2, -0.15) is 0 Å². The Kier molecular flexibility index (Phi) is 10.6. The summed E-state index contributed by atoms with van der Waals surface area (Å²) < 4.78 is 9.32. The molecule has 64 heavy (non-hydrogen) atoms. The zero-order chi connectivity index (χ0) is 45.2. The molecule has 0 spiro atoms. The topological polar surface area (TPSA) is 33.5 Å². The van der Waals surface area contributed by atoms with Crippen molar-refractivity contribution in [2.24, 2.45) is 5.41 Å². The van der Waals surface area contributed by atoms with E-state index in [0.29, 0.717) is 6.67 Å². The van der Waals surface area contributed by atoms with Crippen LogP contribution in [-0.2, 0) is 16.2 Å². The quantitative estimate of drug-likeness (QED) is 0.153. The van der Waals surface area contributed by atoms with Gasteiger partial charge in [0.2, 0.25) is 0 Å². The Morgan fingerprint density at radius 2 is 1.16 bits per heavy atom. The highest BCUT2D eigenvalue weighted by atomic mass is 16.5. The van der Waals surface area contributed by atoms with Crippen molar-refractivity contribution in [2.45, 2.75) is 92.4 Å². The number of nitrogens with zero attached hydrogens (tertiary/aromatic N) is 4. The molecule has 5 nitrogen and oxygen atoms in total. The van der Waals surface area contributed by atoms with Gasteiger partial charge in [0, 0.05) is 63.2 Å². The van der Waals surface area contributed by atoms with Gasteiger partial charge in [0.1, 0.15) is 17.3 Å². The molecule has 0 radical (unpaired) electrons. The summed E-state index contributed by atoms with van der Waals surface area (Å²) >= 11 is 0. The average molecular weight is 843 g/mol. The number of hydrogen-bond acceptors (Lipinski definition) is 4. The largest absolute Gasteiger partial charge is 0.457 e. The smallest absolute Gasteiger partial charge is 0.137 e. The number of fused-ring (bicyclic) bond motifs is 3. The number of ether oxygens (including phenoxy) is 1. The summed E-state index contributed by atoms with van der Waals surface area (Å²) in [5.41, 5.74) is 12.8. The number of aromatic nitrogens is 2. The van der Waals surface area contributed by atoms with Crippen LogP contribution in [0.25, 0.3) is 38.8 Å². The summed E-state index contributed by atoms with van der Waals surface area (Å²) in [7, 11) is 0. The fraction of sp³-hybridized carbons (Fsp3) is 0.271. The van der Waals surface area contributed by atoms with Crippen molar-refractivity contribution >= 4 is 33.2 Å². The van der Waals surface area contributed by atoms with E-state index < -0.39 is 0 Å². The lowest BCUT2D eigenvalue weighted by molar-refractivity contribution is 0.483. The number of hydrogen-bond donors (Lipinski definition) is 0. The van der Waals surface area contributed by atoms with Gasteiger partial charge >= 0.3 is 0 Å². The predicted molar refractivity (Wildman–Crippen MR) is 270 cm³/mol. The number of pyridine rings is 1. The van der Waals surface area contributed by atoms with E-state index in [1.807, 2.05) is 6.20 Å². The molecule has 0 saturated heterocycles. The number of rotatable bonds is 8. The molecule has 6 aromatic carbocycles. The summed E-state index contributed by atoms with van der Waals surface area (Å²) in [5, 5.41) is 2.34. The third-order valence-electron chi connectivity index (χ3n) is 13.0. The maximum Gasteiger partial charge on any atom is 0.137 e. The molecule has 2 aromatic heterocycles. The first-order valence-electron chi connectivity index (χ1n) is 22.7. The zero-order valence-corrected chi connectivity index (χ0v) is 39.5. The van der Waals surface area contributed by atoms with Gasteiger partial charge in [0.25, 0.3) is 0 Å². The lowest BCUT2D eigenvalue weighted by atomic mass is 9.78. The van der Waals surface area contributed by atoms with E-state index in [0.717, 1.165) is 50.6 Å². The van der Waals surface area contributed by atoms with Crippen molar-refractivity contribution in [3.63, 3.8) is 0 Å². The summed E-state index contributed by atoms with van der Waals surface area (Å²) in [6, 6.07) is 54.9. The highest BCUT2D eigenvalue weighted by Gasteiger charge is 2.32. The Bertz CT molecular complexity index is 3030. The molecule has 0 saturated carbocycles. The molecule has 5 heteroatoms. The minimum absolute atomic E-state index is 0.0370. The van der Waals surface area contributed by atoms with Crippen LogP contribution in [0.2, 0.25) is 0 Å². The van der Waals surface area contributed by atoms with Crippen LogP contribution in [0.15, 0.2) is 170 Å². The van der Waals surface area contributed by atoms with Gasteiger partial charge in [-0.1, -0.05) is 155 Å². The maximum absolute atomic E-state index is 7.01. The van der Waals surface area contributed by atoms with Gasteiger partial charge in [-0.3, -0.25) is 4.57 Å². The first kappa shape index (κ1) is 42.7. The van der Waals surface area contributed by atoms with E-state index in [2.05, 4.69) is 248 Å². The molecule has 0 amide bonds. The molecule has 0 N–H and O–H groups in total. The van der Waals surface area contributed by atoms with Gasteiger partial charge in [0.05, 0.1) is 17.7 Å². The molecular weight excluding hydrogens is 781 g/mol. The van der Waals surface area contributed by atoms with Crippen LogP contribution in [0.5, 0.6) is 11.5 Å². The third kappa shape index (κ3) is 8.20. The fourth-order valence-electron chi connectivity index (χ4n) is 9.07. The Morgan fingerprint density at radius 3 is 1.86 bits per heavy atom. The van der Waals surface area contributed by atoms with Crippen molar-refractivity contribution in [3.8, 4) is 28.4 Å². The van der Waals surface area contributed by atoms with Gasteiger partial charge in [-0.05, 0) is 105 Å². The van der Waals surface area contributed by atoms with Crippen molar-refractivity contribution in [2.75, 3.05) is 16.5 Å². The summed E-state index contributed by atoms with van der Waals surface area (Å²) in [4.78, 5) is 9.84. The molecule has 1 aliphatic heterocycles. The van der Waals surface area contributed by atoms with Crippen molar-refractivity contribution in [1.29, 1.82) is 0 Å². The Hall–Kier alpha value is -6.59. The van der Waals surface area contributed by atoms with Gasteiger partial charge in [0.15, 0.2) is 0 Å². The normalized spacial score (nSPS) is 13.8. The van der Waals surface area contributed by atoms with Crippen LogP contribution in [-0.4, -0.2) is 16.2 Å². The molecule has 0 fully saturated rings. The molecule has 0 unspecified atom stereocenters. The van der Waals surface area contributed by atoms with Crippen LogP contribution in [0.1, 0.15) is 98.4 Å². The van der Waals surface area contributed by atoms with Crippen molar-refractivity contribution in [3.05, 3.63) is 192 Å². The van der Waals surface area contributed by atoms with E-state index in [-0.39, 0.29) is 21.7 Å². The van der Waals surface area contributed by atoms with E-state index in [1.165, 1.54) is 39.0 Å². The highest BCUT2D eigenvalue weighted by Crippen LogP contribution is 2.43. The van der Waals surface area contributed by atoms with Crippen LogP contribution < -0.4 is 14.5 Å². The van der Waals surface area contributed by atoms with Gasteiger partial charge < -0.3 is 14.5 Å². The molecule has 8 aromatic rings. The molecule has 0 bridgehead atoms. The van der Waals surface area contributed by atoms with Crippen LogP contribution >= 0.6 is 0 Å². The van der Waals surface area contributed by atoms with Gasteiger partial charge in [-0.15, -0.1) is 0 Å². The first-order chi connectivity index (χ1) is 30.3. The molecule has 0 atom stereocenters. The molecule has 0 aliphatic carbocycles. The number of allylic oxidation sites excluding steroid dienone is 1. The predicted octanol–water partition coefficient (Wildman–Crippen LogP) is 15.7. The minimum atomic E-state index is -0.190. The second-order valence-electron chi connectivity index (χ2n) is 21.2. The molecule has 3 heterocycles. The lowest BCUT2D eigenvalue weighted by Crippen LogP contribution is -2.30. The minimum Gasteiger partial charge on any atom is -0.457 e. The Morgan fingerprint density at radius 1 is 0.469 bits per heavy atom. The second kappa shape index (κ2) is 15.9. The SMILES string of the molecule is CC(C)(C)C1=CN(c2cc(Oc3ccc4c5cc(C(C)(C)c6ccccc6)ccc5n(-c5cc(C(C)(C)C)ccn5)c4c3)cc(-c3ccccc3)c2)CN1c1cccc(C(C)(C)C)c1. The summed E-state index contributed by atoms with van der Waals surface area (Å²) in [6.45, 7) is 25.8. The summed E-state index contributed by atoms with van der Waals surface area (Å²) in [6.07, 6.45) is 4.27. The van der Waals surface area contributed by atoms with Crippen molar-refractivity contribution in [1.82, 2.24) is 9.55 Å². The molecule has 9 rings (SSSR count). The molecular formula is C59H62N4O. The Labute approximate surface area is 380 Å². The monoisotopic (exact) mass is 842 g/mol. The zero-order valence-electron chi connectivity index (χ0n) is 39.5. The Balaban J connectivity index is 1.16. The van der Waals surface area contributed by atoms with Crippen LogP contribution in [0.3, 0.4) is 0 Å². The van der Waals surface area contributed by atoms with Crippen molar-refractivity contribution < 1.29 is 4.74 Å². The second-order valence-corrected chi connectivity index (χ2v) is 21.2. The molecule has 1 aliphatic rings.